The number of amidine groups is 1. The molecule has 2 heterocycles. The summed E-state index contributed by atoms with van der Waals surface area (Å²) in [4.78, 5) is 11.1. The minimum Gasteiger partial charge on any atom is -0.380 e. The number of allylic oxidation sites excluding steroid dienone is 2. The Kier molecular flexibility index (Phi) is 7.62. The number of ether oxygens (including phenoxy) is 2. The molecule has 0 saturated carbocycles. The van der Waals surface area contributed by atoms with Crippen molar-refractivity contribution in [1.82, 2.24) is 4.90 Å². The molecule has 2 atom stereocenters. The van der Waals surface area contributed by atoms with Gasteiger partial charge in [0.2, 0.25) is 0 Å². The molecule has 0 aliphatic carbocycles. The van der Waals surface area contributed by atoms with Crippen LogP contribution in [0.15, 0.2) is 34.3 Å². The molecular formula is C20H31N5O2. The lowest BCUT2D eigenvalue weighted by molar-refractivity contribution is 0.0461. The summed E-state index contributed by atoms with van der Waals surface area (Å²) < 4.78 is 11.0. The van der Waals surface area contributed by atoms with Crippen LogP contribution in [0.4, 0.5) is 0 Å². The minimum atomic E-state index is -0.0954. The fourth-order valence-electron chi connectivity index (χ4n) is 3.11. The van der Waals surface area contributed by atoms with E-state index < -0.39 is 0 Å². The molecule has 0 amide bonds. The second-order valence-corrected chi connectivity index (χ2v) is 7.11. The summed E-state index contributed by atoms with van der Waals surface area (Å²) in [6.07, 6.45) is 5.20. The third kappa shape index (κ3) is 5.94. The number of likely N-dealkylation sites (tertiary alicyclic amines) is 1. The van der Waals surface area contributed by atoms with Crippen LogP contribution in [0, 0.1) is 10.8 Å². The molecule has 0 spiro atoms. The van der Waals surface area contributed by atoms with E-state index in [4.69, 9.17) is 20.3 Å². The zero-order valence-corrected chi connectivity index (χ0v) is 16.8. The maximum Gasteiger partial charge on any atom is 0.131 e. The quantitative estimate of drug-likeness (QED) is 0.641. The Balaban J connectivity index is 1.93. The van der Waals surface area contributed by atoms with Gasteiger partial charge in [0.25, 0.3) is 0 Å². The molecule has 2 aliphatic heterocycles. The first kappa shape index (κ1) is 21.2. The Labute approximate surface area is 161 Å². The van der Waals surface area contributed by atoms with Gasteiger partial charge in [-0.1, -0.05) is 12.7 Å². The summed E-state index contributed by atoms with van der Waals surface area (Å²) in [6.45, 7) is 11.8. The molecule has 1 saturated heterocycles. The van der Waals surface area contributed by atoms with Crippen LogP contribution in [0.25, 0.3) is 0 Å². The predicted octanol–water partition coefficient (Wildman–Crippen LogP) is 2.87. The van der Waals surface area contributed by atoms with Gasteiger partial charge >= 0.3 is 0 Å². The smallest absolute Gasteiger partial charge is 0.131 e. The highest BCUT2D eigenvalue weighted by molar-refractivity contribution is 6.55. The largest absolute Gasteiger partial charge is 0.380 e. The third-order valence-corrected chi connectivity index (χ3v) is 4.62. The summed E-state index contributed by atoms with van der Waals surface area (Å²) in [6, 6.07) is 0. The van der Waals surface area contributed by atoms with E-state index in [1.807, 2.05) is 26.8 Å². The van der Waals surface area contributed by atoms with Crippen LogP contribution < -0.4 is 0 Å². The zero-order chi connectivity index (χ0) is 20.0. The third-order valence-electron chi connectivity index (χ3n) is 4.62. The van der Waals surface area contributed by atoms with Gasteiger partial charge in [-0.3, -0.25) is 10.4 Å². The Bertz CT molecular complexity index is 678. The maximum atomic E-state index is 8.42. The number of hydrogen-bond acceptors (Lipinski definition) is 7. The first-order valence-corrected chi connectivity index (χ1v) is 9.37. The standard InChI is InChI=1S/C20H31N5O2/c1-13(2)27-14(3)6-7-17(21)15(4)20(22)18-10-19(24-12-23-18)25-9-8-16(11-25)26-5/h6-7,13-14,16,21-22H,4,8-12H2,1-3,5H3/b7-6-,21-17?,22-20?. The van der Waals surface area contributed by atoms with Gasteiger partial charge in [-0.05, 0) is 33.3 Å². The lowest BCUT2D eigenvalue weighted by Gasteiger charge is -2.24. The van der Waals surface area contributed by atoms with Crippen LogP contribution in [0.3, 0.4) is 0 Å². The van der Waals surface area contributed by atoms with Crippen LogP contribution >= 0.6 is 0 Å². The van der Waals surface area contributed by atoms with Crippen molar-refractivity contribution in [3.05, 3.63) is 24.3 Å². The molecule has 2 unspecified atom stereocenters. The van der Waals surface area contributed by atoms with Gasteiger partial charge in [0.05, 0.1) is 35.4 Å². The molecule has 0 aromatic rings. The average molecular weight is 374 g/mol. The summed E-state index contributed by atoms with van der Waals surface area (Å²) in [7, 11) is 1.73. The molecule has 0 radical (unpaired) electrons. The first-order valence-electron chi connectivity index (χ1n) is 9.37. The minimum absolute atomic E-state index is 0.0954. The number of methoxy groups -OCH3 is 1. The number of nitrogens with one attached hydrogen (secondary N) is 2. The summed E-state index contributed by atoms with van der Waals surface area (Å²) >= 11 is 0. The Morgan fingerprint density at radius 1 is 1.30 bits per heavy atom. The van der Waals surface area contributed by atoms with Crippen molar-refractivity contribution < 1.29 is 9.47 Å². The van der Waals surface area contributed by atoms with Crippen molar-refractivity contribution >= 4 is 23.0 Å². The molecule has 2 N–H and O–H groups in total. The van der Waals surface area contributed by atoms with E-state index in [0.29, 0.717) is 24.4 Å². The maximum absolute atomic E-state index is 8.42. The Morgan fingerprint density at radius 2 is 2.04 bits per heavy atom. The molecular weight excluding hydrogens is 342 g/mol. The molecule has 0 aromatic heterocycles. The van der Waals surface area contributed by atoms with Crippen LogP contribution in [0.2, 0.25) is 0 Å². The summed E-state index contributed by atoms with van der Waals surface area (Å²) in [5.74, 6) is 0.943. The van der Waals surface area contributed by atoms with Gasteiger partial charge in [-0.15, -0.1) is 0 Å². The van der Waals surface area contributed by atoms with E-state index in [1.54, 1.807) is 13.2 Å². The van der Waals surface area contributed by atoms with Crippen LogP contribution in [-0.4, -0.2) is 73.1 Å². The van der Waals surface area contributed by atoms with Crippen molar-refractivity contribution in [3.8, 4) is 0 Å². The molecule has 1 fully saturated rings. The van der Waals surface area contributed by atoms with E-state index in [0.717, 1.165) is 25.3 Å². The molecule has 7 nitrogen and oxygen atoms in total. The van der Waals surface area contributed by atoms with Gasteiger partial charge in [-0.25, -0.2) is 4.99 Å². The zero-order valence-electron chi connectivity index (χ0n) is 16.8. The molecule has 0 bridgehead atoms. The van der Waals surface area contributed by atoms with E-state index in [1.165, 1.54) is 0 Å². The number of rotatable bonds is 8. The van der Waals surface area contributed by atoms with E-state index in [-0.39, 0.29) is 29.7 Å². The van der Waals surface area contributed by atoms with E-state index >= 15 is 0 Å². The van der Waals surface area contributed by atoms with Gasteiger partial charge in [-0.2, -0.15) is 0 Å². The molecule has 7 heteroatoms. The van der Waals surface area contributed by atoms with Crippen molar-refractivity contribution in [2.24, 2.45) is 9.98 Å². The molecule has 0 aromatic carbocycles. The van der Waals surface area contributed by atoms with Gasteiger partial charge in [0, 0.05) is 32.2 Å². The Hall–Kier alpha value is -2.12. The first-order chi connectivity index (χ1) is 12.8. The fraction of sp³-hybridized carbons (Fsp3) is 0.600. The topological polar surface area (TPSA) is 94.1 Å². The fourth-order valence-corrected chi connectivity index (χ4v) is 3.11. The highest BCUT2D eigenvalue weighted by atomic mass is 16.5. The van der Waals surface area contributed by atoms with Crippen molar-refractivity contribution in [3.63, 3.8) is 0 Å². The van der Waals surface area contributed by atoms with Crippen molar-refractivity contribution in [1.29, 1.82) is 10.8 Å². The molecule has 2 aliphatic rings. The molecule has 2 rings (SSSR count). The average Bonchev–Trinajstić information content (AvgIpc) is 3.13. The van der Waals surface area contributed by atoms with Crippen LogP contribution in [0.1, 0.15) is 33.6 Å². The summed E-state index contributed by atoms with van der Waals surface area (Å²) in [5, 5.41) is 16.6. The van der Waals surface area contributed by atoms with Gasteiger partial charge in [0.1, 0.15) is 12.5 Å². The summed E-state index contributed by atoms with van der Waals surface area (Å²) in [5.41, 5.74) is 1.40. The van der Waals surface area contributed by atoms with Crippen LogP contribution in [-0.2, 0) is 9.47 Å². The number of aliphatic imine (C=N–C) groups is 2. The number of nitrogens with zero attached hydrogens (tertiary/aromatic N) is 3. The van der Waals surface area contributed by atoms with E-state index in [9.17, 15) is 0 Å². The van der Waals surface area contributed by atoms with Gasteiger partial charge in [0.15, 0.2) is 0 Å². The monoisotopic (exact) mass is 373 g/mol. The second-order valence-electron chi connectivity index (χ2n) is 7.11. The van der Waals surface area contributed by atoms with Gasteiger partial charge < -0.3 is 19.8 Å². The molecule has 27 heavy (non-hydrogen) atoms. The normalized spacial score (nSPS) is 21.4. The SMILES string of the molecule is C=C(C(=N)/C=C\C(C)OC(C)C)C(=N)C1=NCN=C(N2CCC(OC)C2)C1. The number of hydrogen-bond donors (Lipinski definition) is 2. The highest BCUT2D eigenvalue weighted by Crippen LogP contribution is 2.17. The highest BCUT2D eigenvalue weighted by Gasteiger charge is 2.27. The Morgan fingerprint density at radius 3 is 2.67 bits per heavy atom. The lowest BCUT2D eigenvalue weighted by Crippen LogP contribution is -2.36. The van der Waals surface area contributed by atoms with Crippen molar-refractivity contribution in [2.45, 2.75) is 51.9 Å². The second kappa shape index (κ2) is 9.71. The predicted molar refractivity (Wildman–Crippen MR) is 111 cm³/mol. The lowest BCUT2D eigenvalue weighted by atomic mass is 9.99. The van der Waals surface area contributed by atoms with Crippen LogP contribution in [0.5, 0.6) is 0 Å². The van der Waals surface area contributed by atoms with E-state index in [2.05, 4.69) is 21.5 Å². The molecule has 148 valence electrons. The van der Waals surface area contributed by atoms with Crippen molar-refractivity contribution in [2.75, 3.05) is 26.9 Å².